The molecule has 4 aromatic rings. The summed E-state index contributed by atoms with van der Waals surface area (Å²) >= 11 is 5.89. The molecule has 0 radical (unpaired) electrons. The average molecular weight is 456 g/mol. The lowest BCUT2D eigenvalue weighted by Gasteiger charge is -2.07. The van der Waals surface area contributed by atoms with Crippen LogP contribution in [-0.2, 0) is 11.3 Å². The number of rotatable bonds is 6. The molecule has 3 aromatic carbocycles. The highest BCUT2D eigenvalue weighted by Crippen LogP contribution is 2.26. The van der Waals surface area contributed by atoms with Gasteiger partial charge in [-0.25, -0.2) is 4.79 Å². The topological polar surface area (TPSA) is 95.1 Å². The lowest BCUT2D eigenvalue weighted by molar-refractivity contribution is -0.116. The molecule has 2 N–H and O–H groups in total. The van der Waals surface area contributed by atoms with Crippen LogP contribution in [0.5, 0.6) is 0 Å². The summed E-state index contributed by atoms with van der Waals surface area (Å²) in [6.45, 7) is 0.0895. The van der Waals surface area contributed by atoms with Crippen LogP contribution in [0, 0.1) is 11.3 Å². The van der Waals surface area contributed by atoms with Gasteiger partial charge in [0.25, 0.3) is 0 Å². The Kier molecular flexibility index (Phi) is 6.25. The smallest absolute Gasteiger partial charge is 0.335 e. The molecule has 0 atom stereocenters. The van der Waals surface area contributed by atoms with Crippen LogP contribution in [0.4, 0.5) is 5.69 Å². The molecular formula is C26H18ClN3O3. The summed E-state index contributed by atoms with van der Waals surface area (Å²) in [4.78, 5) is 23.7. The Morgan fingerprint density at radius 2 is 1.67 bits per heavy atom. The van der Waals surface area contributed by atoms with Gasteiger partial charge in [-0.3, -0.25) is 4.79 Å². The zero-order chi connectivity index (χ0) is 23.4. The molecule has 0 aliphatic carbocycles. The van der Waals surface area contributed by atoms with Gasteiger partial charge in [-0.05, 0) is 54.1 Å². The van der Waals surface area contributed by atoms with Gasteiger partial charge in [0, 0.05) is 33.4 Å². The van der Waals surface area contributed by atoms with Crippen LogP contribution in [0.15, 0.2) is 79.0 Å². The Morgan fingerprint density at radius 1 is 1.00 bits per heavy atom. The zero-order valence-corrected chi connectivity index (χ0v) is 18.1. The lowest BCUT2D eigenvalue weighted by Crippen LogP contribution is -2.18. The second-order valence-corrected chi connectivity index (χ2v) is 7.77. The van der Waals surface area contributed by atoms with Crippen LogP contribution >= 0.6 is 11.6 Å². The van der Waals surface area contributed by atoms with Crippen LogP contribution < -0.4 is 5.32 Å². The molecule has 1 heterocycles. The summed E-state index contributed by atoms with van der Waals surface area (Å²) in [5, 5.41) is 23.1. The number of fused-ring (bicyclic) bond motifs is 1. The third kappa shape index (κ3) is 4.95. The number of carbonyl (C=O) groups excluding carboxylic acids is 1. The lowest BCUT2D eigenvalue weighted by atomic mass is 10.0. The number of nitrogens with zero attached hydrogens (tertiary/aromatic N) is 2. The molecule has 6 nitrogen and oxygen atoms in total. The third-order valence-electron chi connectivity index (χ3n) is 5.12. The number of halogens is 1. The number of para-hydroxylation sites is 1. The van der Waals surface area contributed by atoms with Crippen molar-refractivity contribution in [3.05, 3.63) is 101 Å². The van der Waals surface area contributed by atoms with Gasteiger partial charge in [0.05, 0.1) is 17.2 Å². The fraction of sp³-hybridized carbons (Fsp3) is 0.0385. The molecule has 0 unspecified atom stereocenters. The molecule has 0 saturated heterocycles. The number of nitrogens with one attached hydrogen (secondary N) is 1. The van der Waals surface area contributed by atoms with Crippen molar-refractivity contribution in [1.82, 2.24) is 4.57 Å². The number of carboxylic acid groups (broad SMARTS) is 1. The highest BCUT2D eigenvalue weighted by atomic mass is 35.5. The van der Waals surface area contributed by atoms with Crippen LogP contribution in [0.25, 0.3) is 22.6 Å². The normalized spacial score (nSPS) is 11.2. The highest BCUT2D eigenvalue weighted by molar-refractivity contribution is 6.30. The maximum absolute atomic E-state index is 12.6. The molecule has 0 saturated carbocycles. The van der Waals surface area contributed by atoms with E-state index < -0.39 is 5.97 Å². The van der Waals surface area contributed by atoms with Crippen molar-refractivity contribution < 1.29 is 14.7 Å². The second-order valence-electron chi connectivity index (χ2n) is 7.34. The Hall–Kier alpha value is -4.34. The second kappa shape index (κ2) is 9.43. The number of nitriles is 1. The van der Waals surface area contributed by atoms with Crippen molar-refractivity contribution in [2.45, 2.75) is 6.54 Å². The van der Waals surface area contributed by atoms with Crippen LogP contribution in [0.2, 0.25) is 5.02 Å². The molecule has 33 heavy (non-hydrogen) atoms. The molecule has 0 aliphatic rings. The zero-order valence-electron chi connectivity index (χ0n) is 17.3. The van der Waals surface area contributed by atoms with Gasteiger partial charge in [0.1, 0.15) is 6.54 Å². The van der Waals surface area contributed by atoms with E-state index in [2.05, 4.69) is 11.4 Å². The highest BCUT2D eigenvalue weighted by Gasteiger charge is 2.12. The quantitative estimate of drug-likeness (QED) is 0.365. The minimum Gasteiger partial charge on any atom is -0.478 e. The number of hydrogen-bond donors (Lipinski definition) is 2. The van der Waals surface area contributed by atoms with Gasteiger partial charge >= 0.3 is 5.97 Å². The molecule has 1 amide bonds. The Bertz CT molecular complexity index is 1410. The third-order valence-corrected chi connectivity index (χ3v) is 5.38. The predicted octanol–water partition coefficient (Wildman–Crippen LogP) is 5.70. The SMILES string of the molecule is N#C/C(=C/c1cn(CC(=O)Nc2ccc(Cl)cc2)c2ccccc12)c1ccc(C(=O)O)cc1. The van der Waals surface area contributed by atoms with Crippen molar-refractivity contribution in [3.8, 4) is 6.07 Å². The molecule has 0 bridgehead atoms. The monoisotopic (exact) mass is 455 g/mol. The minimum absolute atomic E-state index is 0.0895. The number of carboxylic acids is 1. The van der Waals surface area contributed by atoms with E-state index in [1.54, 1.807) is 42.5 Å². The number of aromatic carboxylic acids is 1. The van der Waals surface area contributed by atoms with Crippen molar-refractivity contribution in [3.63, 3.8) is 0 Å². The fourth-order valence-electron chi connectivity index (χ4n) is 3.54. The van der Waals surface area contributed by atoms with Crippen molar-refractivity contribution in [2.75, 3.05) is 5.32 Å². The number of aromatic nitrogens is 1. The number of carbonyl (C=O) groups is 2. The van der Waals surface area contributed by atoms with E-state index in [9.17, 15) is 14.9 Å². The van der Waals surface area contributed by atoms with Crippen LogP contribution in [-0.4, -0.2) is 21.6 Å². The number of benzene rings is 3. The van der Waals surface area contributed by atoms with Crippen molar-refractivity contribution in [2.24, 2.45) is 0 Å². The molecule has 1 aromatic heterocycles. The van der Waals surface area contributed by atoms with E-state index in [1.165, 1.54) is 12.1 Å². The number of anilines is 1. The molecule has 0 aliphatic heterocycles. The minimum atomic E-state index is -1.02. The Balaban J connectivity index is 1.64. The van der Waals surface area contributed by atoms with E-state index in [1.807, 2.05) is 35.0 Å². The maximum atomic E-state index is 12.6. The average Bonchev–Trinajstić information content (AvgIpc) is 3.16. The van der Waals surface area contributed by atoms with E-state index in [4.69, 9.17) is 16.7 Å². The van der Waals surface area contributed by atoms with Crippen LogP contribution in [0.3, 0.4) is 0 Å². The summed E-state index contributed by atoms with van der Waals surface area (Å²) < 4.78 is 1.83. The van der Waals surface area contributed by atoms with Crippen LogP contribution in [0.1, 0.15) is 21.5 Å². The Labute approximate surface area is 195 Å². The largest absolute Gasteiger partial charge is 0.478 e. The maximum Gasteiger partial charge on any atom is 0.335 e. The number of amides is 1. The summed E-state index contributed by atoms with van der Waals surface area (Å²) in [5.41, 5.74) is 3.44. The first-order valence-corrected chi connectivity index (χ1v) is 10.4. The molecule has 0 fully saturated rings. The summed E-state index contributed by atoms with van der Waals surface area (Å²) in [5.74, 6) is -1.22. The first kappa shape index (κ1) is 21.9. The van der Waals surface area contributed by atoms with Gasteiger partial charge in [-0.15, -0.1) is 0 Å². The number of hydrogen-bond acceptors (Lipinski definition) is 3. The molecular weight excluding hydrogens is 438 g/mol. The fourth-order valence-corrected chi connectivity index (χ4v) is 3.66. The van der Waals surface area contributed by atoms with Crippen molar-refractivity contribution >= 4 is 51.7 Å². The van der Waals surface area contributed by atoms with Gasteiger partial charge in [0.2, 0.25) is 5.91 Å². The van der Waals surface area contributed by atoms with E-state index in [0.29, 0.717) is 21.8 Å². The summed E-state index contributed by atoms with van der Waals surface area (Å²) in [7, 11) is 0. The first-order chi connectivity index (χ1) is 15.9. The summed E-state index contributed by atoms with van der Waals surface area (Å²) in [6.07, 6.45) is 3.57. The summed E-state index contributed by atoms with van der Waals surface area (Å²) in [6, 6.07) is 22.8. The molecule has 162 valence electrons. The first-order valence-electron chi connectivity index (χ1n) is 10.0. The Morgan fingerprint density at radius 3 is 2.33 bits per heavy atom. The van der Waals surface area contributed by atoms with E-state index in [-0.39, 0.29) is 18.0 Å². The molecule has 0 spiro atoms. The molecule has 7 heteroatoms. The van der Waals surface area contributed by atoms with E-state index in [0.717, 1.165) is 16.5 Å². The van der Waals surface area contributed by atoms with Gasteiger partial charge in [-0.1, -0.05) is 41.9 Å². The number of allylic oxidation sites excluding steroid dienone is 1. The molecule has 4 rings (SSSR count). The predicted molar refractivity (Wildman–Crippen MR) is 129 cm³/mol. The van der Waals surface area contributed by atoms with Crippen molar-refractivity contribution in [1.29, 1.82) is 5.26 Å². The standard InChI is InChI=1S/C26H18ClN3O3/c27-21-9-11-22(12-10-21)29-25(31)16-30-15-20(23-3-1-2-4-24(23)30)13-19(14-28)17-5-7-18(8-6-17)26(32)33/h1-13,15H,16H2,(H,29,31)(H,32,33)/b19-13-. The van der Waals surface area contributed by atoms with E-state index >= 15 is 0 Å². The van der Waals surface area contributed by atoms with Gasteiger partial charge < -0.3 is 15.0 Å². The van der Waals surface area contributed by atoms with Gasteiger partial charge in [0.15, 0.2) is 0 Å². The van der Waals surface area contributed by atoms with Gasteiger partial charge in [-0.2, -0.15) is 5.26 Å².